The van der Waals surface area contributed by atoms with E-state index in [9.17, 15) is 17.6 Å². The summed E-state index contributed by atoms with van der Waals surface area (Å²) in [6.45, 7) is 3.99. The van der Waals surface area contributed by atoms with Crippen LogP contribution in [0.1, 0.15) is 23.6 Å². The molecule has 1 aromatic rings. The van der Waals surface area contributed by atoms with Gasteiger partial charge in [-0.25, -0.2) is 4.39 Å². The van der Waals surface area contributed by atoms with Crippen LogP contribution in [0.25, 0.3) is 0 Å². The van der Waals surface area contributed by atoms with Crippen molar-refractivity contribution in [2.75, 3.05) is 26.2 Å². The van der Waals surface area contributed by atoms with Gasteiger partial charge in [0.25, 0.3) is 0 Å². The fraction of sp³-hybridized carbons (Fsp3) is 0.571. The molecule has 2 nitrogen and oxygen atoms in total. The van der Waals surface area contributed by atoms with Crippen LogP contribution in [-0.4, -0.2) is 37.3 Å². The third kappa shape index (κ3) is 5.91. The molecule has 8 heteroatoms. The van der Waals surface area contributed by atoms with Gasteiger partial charge in [0.1, 0.15) is 5.82 Å². The van der Waals surface area contributed by atoms with Gasteiger partial charge in [-0.1, -0.05) is 12.1 Å². The van der Waals surface area contributed by atoms with Gasteiger partial charge < -0.3 is 5.32 Å². The Kier molecular flexibility index (Phi) is 8.69. The van der Waals surface area contributed by atoms with E-state index in [1.807, 2.05) is 0 Å². The quantitative estimate of drug-likeness (QED) is 0.821. The maximum absolute atomic E-state index is 13.6. The van der Waals surface area contributed by atoms with E-state index in [1.165, 1.54) is 12.1 Å². The minimum atomic E-state index is -4.27. The van der Waals surface area contributed by atoms with Crippen molar-refractivity contribution in [3.63, 3.8) is 0 Å². The van der Waals surface area contributed by atoms with E-state index in [1.54, 1.807) is 17.9 Å². The third-order valence-corrected chi connectivity index (χ3v) is 3.60. The van der Waals surface area contributed by atoms with Crippen molar-refractivity contribution in [1.82, 2.24) is 10.2 Å². The van der Waals surface area contributed by atoms with Gasteiger partial charge in [0.15, 0.2) is 0 Å². The van der Waals surface area contributed by atoms with Crippen molar-refractivity contribution in [2.24, 2.45) is 0 Å². The highest BCUT2D eigenvalue weighted by molar-refractivity contribution is 5.85. The van der Waals surface area contributed by atoms with Gasteiger partial charge in [-0.05, 0) is 24.1 Å². The van der Waals surface area contributed by atoms with Crippen molar-refractivity contribution < 1.29 is 17.6 Å². The molecule has 1 aliphatic rings. The van der Waals surface area contributed by atoms with E-state index in [0.29, 0.717) is 37.3 Å². The van der Waals surface area contributed by atoms with Gasteiger partial charge in [-0.2, -0.15) is 13.2 Å². The van der Waals surface area contributed by atoms with Crippen molar-refractivity contribution in [3.8, 4) is 0 Å². The Hall–Kier alpha value is -0.560. The molecule has 0 spiro atoms. The molecule has 0 aliphatic carbocycles. The molecule has 0 radical (unpaired) electrons. The minimum Gasteiger partial charge on any atom is -0.314 e. The van der Waals surface area contributed by atoms with Crippen molar-refractivity contribution in [1.29, 1.82) is 0 Å². The van der Waals surface area contributed by atoms with E-state index in [-0.39, 0.29) is 24.8 Å². The van der Waals surface area contributed by atoms with Crippen LogP contribution in [0.2, 0.25) is 0 Å². The van der Waals surface area contributed by atoms with Gasteiger partial charge in [0, 0.05) is 32.2 Å². The SMILES string of the molecule is Cc1ccc([C@@H](CC(F)(F)F)N2CCNCC2)cc1F.Cl.Cl. The summed E-state index contributed by atoms with van der Waals surface area (Å²) in [5, 5.41) is 3.11. The van der Waals surface area contributed by atoms with E-state index in [4.69, 9.17) is 0 Å². The second-order valence-corrected chi connectivity index (χ2v) is 5.13. The first-order chi connectivity index (χ1) is 9.37. The van der Waals surface area contributed by atoms with E-state index >= 15 is 0 Å². The van der Waals surface area contributed by atoms with Crippen LogP contribution in [0.3, 0.4) is 0 Å². The van der Waals surface area contributed by atoms with Gasteiger partial charge >= 0.3 is 6.18 Å². The molecule has 1 heterocycles. The lowest BCUT2D eigenvalue weighted by atomic mass is 9.99. The molecule has 1 aliphatic heterocycles. The predicted octanol–water partition coefficient (Wildman–Crippen LogP) is 3.88. The molecular formula is C14H20Cl2F4N2. The zero-order valence-corrected chi connectivity index (χ0v) is 13.8. The van der Waals surface area contributed by atoms with Gasteiger partial charge in [0.05, 0.1) is 6.42 Å². The highest BCUT2D eigenvalue weighted by Gasteiger charge is 2.36. The topological polar surface area (TPSA) is 15.3 Å². The minimum absolute atomic E-state index is 0. The molecule has 1 aromatic carbocycles. The fourth-order valence-electron chi connectivity index (χ4n) is 2.49. The molecule has 0 amide bonds. The molecule has 128 valence electrons. The third-order valence-electron chi connectivity index (χ3n) is 3.60. The highest BCUT2D eigenvalue weighted by Crippen LogP contribution is 2.34. The smallest absolute Gasteiger partial charge is 0.314 e. The van der Waals surface area contributed by atoms with E-state index in [0.717, 1.165) is 0 Å². The number of rotatable bonds is 3. The average molecular weight is 363 g/mol. The van der Waals surface area contributed by atoms with Crippen LogP contribution in [0.15, 0.2) is 18.2 Å². The molecule has 0 saturated carbocycles. The summed E-state index contributed by atoms with van der Waals surface area (Å²) in [4.78, 5) is 1.77. The van der Waals surface area contributed by atoms with Gasteiger partial charge in [-0.15, -0.1) is 24.8 Å². The number of nitrogens with one attached hydrogen (secondary N) is 1. The summed E-state index contributed by atoms with van der Waals surface area (Å²) < 4.78 is 52.0. The summed E-state index contributed by atoms with van der Waals surface area (Å²) in [7, 11) is 0. The Balaban J connectivity index is 0.00000220. The predicted molar refractivity (Wildman–Crippen MR) is 83.5 cm³/mol. The monoisotopic (exact) mass is 362 g/mol. The van der Waals surface area contributed by atoms with Crippen LogP contribution in [0.5, 0.6) is 0 Å². The first-order valence-electron chi connectivity index (χ1n) is 6.64. The van der Waals surface area contributed by atoms with Crippen molar-refractivity contribution >= 4 is 24.8 Å². The maximum Gasteiger partial charge on any atom is 0.390 e. The zero-order valence-electron chi connectivity index (χ0n) is 12.1. The number of aryl methyl sites for hydroxylation is 1. The molecule has 1 N–H and O–H groups in total. The summed E-state index contributed by atoms with van der Waals surface area (Å²) in [6, 6.07) is 3.55. The van der Waals surface area contributed by atoms with E-state index < -0.39 is 24.5 Å². The lowest BCUT2D eigenvalue weighted by Gasteiger charge is -2.35. The number of benzene rings is 1. The molecular weight excluding hydrogens is 343 g/mol. The average Bonchev–Trinajstić information content (AvgIpc) is 2.39. The molecule has 0 bridgehead atoms. The summed E-state index contributed by atoms with van der Waals surface area (Å²) in [5.74, 6) is -0.454. The Morgan fingerprint density at radius 3 is 2.27 bits per heavy atom. The van der Waals surface area contributed by atoms with E-state index in [2.05, 4.69) is 5.32 Å². The molecule has 2 rings (SSSR count). The molecule has 1 saturated heterocycles. The number of hydrogen-bond donors (Lipinski definition) is 1. The fourth-order valence-corrected chi connectivity index (χ4v) is 2.49. The number of hydrogen-bond acceptors (Lipinski definition) is 2. The Bertz CT molecular complexity index is 463. The number of nitrogens with zero attached hydrogens (tertiary/aromatic N) is 1. The Morgan fingerprint density at radius 1 is 1.18 bits per heavy atom. The lowest BCUT2D eigenvalue weighted by molar-refractivity contribution is -0.148. The van der Waals surface area contributed by atoms with Gasteiger partial charge in [0.2, 0.25) is 0 Å². The number of alkyl halides is 3. The van der Waals surface area contributed by atoms with Gasteiger partial charge in [-0.3, -0.25) is 4.90 Å². The highest BCUT2D eigenvalue weighted by atomic mass is 35.5. The van der Waals surface area contributed by atoms with Crippen LogP contribution < -0.4 is 5.32 Å². The second-order valence-electron chi connectivity index (χ2n) is 5.13. The van der Waals surface area contributed by atoms with Crippen LogP contribution >= 0.6 is 24.8 Å². The summed E-state index contributed by atoms with van der Waals surface area (Å²) in [6.07, 6.45) is -5.22. The Morgan fingerprint density at radius 2 is 1.77 bits per heavy atom. The first kappa shape index (κ1) is 21.4. The first-order valence-corrected chi connectivity index (χ1v) is 6.64. The zero-order chi connectivity index (χ0) is 14.8. The number of piperazine rings is 1. The number of halogens is 6. The Labute approximate surface area is 140 Å². The molecule has 1 atom stereocenters. The standard InChI is InChI=1S/C14H18F4N2.2ClH/c1-10-2-3-11(8-12(10)15)13(9-14(16,17)18)20-6-4-19-5-7-20;;/h2-3,8,13,19H,4-7,9H2,1H3;2*1H/t13-;;/m1../s1. The molecule has 1 fully saturated rings. The van der Waals surface area contributed by atoms with Crippen LogP contribution in [-0.2, 0) is 0 Å². The van der Waals surface area contributed by atoms with Crippen molar-refractivity contribution in [2.45, 2.75) is 25.6 Å². The van der Waals surface area contributed by atoms with Crippen LogP contribution in [0, 0.1) is 12.7 Å². The normalized spacial score (nSPS) is 17.3. The lowest BCUT2D eigenvalue weighted by Crippen LogP contribution is -2.46. The largest absolute Gasteiger partial charge is 0.390 e. The summed E-state index contributed by atoms with van der Waals surface area (Å²) >= 11 is 0. The second kappa shape index (κ2) is 8.91. The molecule has 0 unspecified atom stereocenters. The maximum atomic E-state index is 13.6. The van der Waals surface area contributed by atoms with Crippen LogP contribution in [0.4, 0.5) is 17.6 Å². The summed E-state index contributed by atoms with van der Waals surface area (Å²) in [5.41, 5.74) is 0.840. The van der Waals surface area contributed by atoms with Crippen molar-refractivity contribution in [3.05, 3.63) is 35.1 Å². The molecule has 0 aromatic heterocycles. The molecule has 22 heavy (non-hydrogen) atoms.